The number of fused-ring (bicyclic) bond motifs is 1. The van der Waals surface area contributed by atoms with Crippen molar-refractivity contribution in [3.8, 4) is 0 Å². The molecule has 3 aromatic heterocycles. The van der Waals surface area contributed by atoms with Crippen molar-refractivity contribution in [1.82, 2.24) is 29.7 Å². The molecule has 8 heteroatoms. The highest BCUT2D eigenvalue weighted by Gasteiger charge is 2.26. The molecule has 1 saturated carbocycles. The number of rotatable bonds is 6. The van der Waals surface area contributed by atoms with Gasteiger partial charge in [0, 0.05) is 23.8 Å². The van der Waals surface area contributed by atoms with Crippen molar-refractivity contribution >= 4 is 22.8 Å². The van der Waals surface area contributed by atoms with Gasteiger partial charge in [0.1, 0.15) is 17.7 Å². The summed E-state index contributed by atoms with van der Waals surface area (Å²) >= 11 is 0. The number of hydrogen-bond donors (Lipinski definition) is 3. The van der Waals surface area contributed by atoms with Crippen LogP contribution < -0.4 is 10.6 Å². The van der Waals surface area contributed by atoms with Crippen molar-refractivity contribution in [1.29, 1.82) is 0 Å². The molecular formula is C24H33N7O. The smallest absolute Gasteiger partial charge is 0.230 e. The van der Waals surface area contributed by atoms with Crippen LogP contribution in [-0.4, -0.2) is 56.7 Å². The maximum atomic E-state index is 10.8. The minimum absolute atomic E-state index is 0.363. The number of nitrogens with zero attached hydrogens (tertiary/aromatic N) is 5. The molecule has 3 aromatic rings. The summed E-state index contributed by atoms with van der Waals surface area (Å²) in [7, 11) is 3.78. The molecule has 0 radical (unpaired) electrons. The third kappa shape index (κ3) is 4.22. The maximum absolute atomic E-state index is 10.8. The van der Waals surface area contributed by atoms with E-state index >= 15 is 0 Å². The van der Waals surface area contributed by atoms with Gasteiger partial charge in [0.05, 0.1) is 5.69 Å². The Kier molecular flexibility index (Phi) is 6.08. The molecule has 0 aromatic carbocycles. The Morgan fingerprint density at radius 1 is 1.09 bits per heavy atom. The fraction of sp³-hybridized carbons (Fsp3) is 0.542. The molecule has 4 heterocycles. The standard InChI is InChI=1S/C24H33N7O/c1-30(2)23(32)20-13-18-15-27-24(29-22(18)31(20)19-5-3-4-6-19)28-21-8-7-17(14-26-21)16-9-11-25-12-10-16/h7-8,13-16,19,23,25,32H,3-6,9-12H2,1-2H3,(H,26,27,28,29). The van der Waals surface area contributed by atoms with Crippen molar-refractivity contribution in [3.05, 3.63) is 41.9 Å². The van der Waals surface area contributed by atoms with Crippen LogP contribution in [0.25, 0.3) is 11.0 Å². The lowest BCUT2D eigenvalue weighted by Crippen LogP contribution is -2.26. The van der Waals surface area contributed by atoms with Crippen LogP contribution in [0.3, 0.4) is 0 Å². The lowest BCUT2D eigenvalue weighted by atomic mass is 9.91. The van der Waals surface area contributed by atoms with Gasteiger partial charge in [-0.25, -0.2) is 9.97 Å². The third-order valence-corrected chi connectivity index (χ3v) is 6.89. The summed E-state index contributed by atoms with van der Waals surface area (Å²) in [6.07, 6.45) is 10.1. The number of piperidine rings is 1. The average Bonchev–Trinajstić information content (AvgIpc) is 3.47. The quantitative estimate of drug-likeness (QED) is 0.509. The number of anilines is 2. The Balaban J connectivity index is 1.43. The number of aliphatic hydroxyl groups is 1. The predicted octanol–water partition coefficient (Wildman–Crippen LogP) is 3.70. The molecule has 1 aliphatic heterocycles. The highest BCUT2D eigenvalue weighted by Crippen LogP contribution is 2.36. The van der Waals surface area contributed by atoms with E-state index in [9.17, 15) is 5.11 Å². The maximum Gasteiger partial charge on any atom is 0.230 e. The molecule has 3 N–H and O–H groups in total. The zero-order valence-electron chi connectivity index (χ0n) is 19.0. The first-order chi connectivity index (χ1) is 15.6. The SMILES string of the molecule is CN(C)C(O)c1cc2cnc(Nc3ccc(C4CCNCC4)cn3)nc2n1C1CCCC1. The number of aromatic nitrogens is 4. The summed E-state index contributed by atoms with van der Waals surface area (Å²) in [5, 5.41) is 18.4. The van der Waals surface area contributed by atoms with Crippen LogP contribution >= 0.6 is 0 Å². The van der Waals surface area contributed by atoms with E-state index in [4.69, 9.17) is 4.98 Å². The normalized spacial score (nSPS) is 19.1. The van der Waals surface area contributed by atoms with Crippen molar-refractivity contribution in [3.63, 3.8) is 0 Å². The van der Waals surface area contributed by atoms with E-state index in [2.05, 4.69) is 31.2 Å². The fourth-order valence-corrected chi connectivity index (χ4v) is 5.09. The summed E-state index contributed by atoms with van der Waals surface area (Å²) in [4.78, 5) is 15.8. The molecule has 8 nitrogen and oxygen atoms in total. The van der Waals surface area contributed by atoms with Crippen molar-refractivity contribution in [2.24, 2.45) is 0 Å². The van der Waals surface area contributed by atoms with Crippen LogP contribution in [0.4, 0.5) is 11.8 Å². The lowest BCUT2D eigenvalue weighted by molar-refractivity contribution is 0.0319. The van der Waals surface area contributed by atoms with Crippen molar-refractivity contribution in [2.45, 2.75) is 56.7 Å². The van der Waals surface area contributed by atoms with E-state index in [1.165, 1.54) is 18.4 Å². The highest BCUT2D eigenvalue weighted by atomic mass is 16.3. The highest BCUT2D eigenvalue weighted by molar-refractivity contribution is 5.78. The van der Waals surface area contributed by atoms with E-state index in [1.807, 2.05) is 43.5 Å². The molecule has 1 aliphatic carbocycles. The Bertz CT molecular complexity index is 1050. The summed E-state index contributed by atoms with van der Waals surface area (Å²) in [6, 6.07) is 6.56. The Morgan fingerprint density at radius 3 is 2.56 bits per heavy atom. The second-order valence-corrected chi connectivity index (χ2v) is 9.31. The number of hydrogen-bond acceptors (Lipinski definition) is 7. The zero-order valence-corrected chi connectivity index (χ0v) is 19.0. The van der Waals surface area contributed by atoms with E-state index in [1.54, 1.807) is 0 Å². The van der Waals surface area contributed by atoms with Gasteiger partial charge in [0.2, 0.25) is 5.95 Å². The van der Waals surface area contributed by atoms with Crippen molar-refractivity contribution < 1.29 is 5.11 Å². The molecular weight excluding hydrogens is 402 g/mol. The first-order valence-electron chi connectivity index (χ1n) is 11.8. The lowest BCUT2D eigenvalue weighted by Gasteiger charge is -2.24. The molecule has 0 spiro atoms. The Labute approximate surface area is 189 Å². The van der Waals surface area contributed by atoms with Crippen LogP contribution in [0.15, 0.2) is 30.6 Å². The van der Waals surface area contributed by atoms with Gasteiger partial charge < -0.3 is 20.3 Å². The second kappa shape index (κ2) is 9.13. The van der Waals surface area contributed by atoms with E-state index in [0.29, 0.717) is 17.9 Å². The minimum Gasteiger partial charge on any atom is -0.373 e. The number of aliphatic hydroxyl groups excluding tert-OH is 1. The van der Waals surface area contributed by atoms with Crippen LogP contribution in [0.2, 0.25) is 0 Å². The molecule has 1 unspecified atom stereocenters. The van der Waals surface area contributed by atoms with Gasteiger partial charge in [-0.3, -0.25) is 4.90 Å². The van der Waals surface area contributed by atoms with Gasteiger partial charge in [-0.15, -0.1) is 0 Å². The minimum atomic E-state index is -0.676. The van der Waals surface area contributed by atoms with Gasteiger partial charge in [-0.05, 0) is 76.5 Å². The number of nitrogens with one attached hydrogen (secondary N) is 2. The van der Waals surface area contributed by atoms with Gasteiger partial charge in [0.15, 0.2) is 0 Å². The van der Waals surface area contributed by atoms with Crippen LogP contribution in [0.1, 0.15) is 68.0 Å². The molecule has 32 heavy (non-hydrogen) atoms. The van der Waals surface area contributed by atoms with Crippen molar-refractivity contribution in [2.75, 3.05) is 32.5 Å². The molecule has 0 amide bonds. The van der Waals surface area contributed by atoms with Crippen LogP contribution in [0.5, 0.6) is 0 Å². The predicted molar refractivity (Wildman–Crippen MR) is 126 cm³/mol. The summed E-state index contributed by atoms with van der Waals surface area (Å²) in [5.41, 5.74) is 3.05. The van der Waals surface area contributed by atoms with Crippen LogP contribution in [-0.2, 0) is 0 Å². The molecule has 2 fully saturated rings. The molecule has 5 rings (SSSR count). The topological polar surface area (TPSA) is 91.1 Å². The summed E-state index contributed by atoms with van der Waals surface area (Å²) in [6.45, 7) is 2.15. The average molecular weight is 436 g/mol. The van der Waals surface area contributed by atoms with Gasteiger partial charge in [0.25, 0.3) is 0 Å². The largest absolute Gasteiger partial charge is 0.373 e. The first kappa shape index (κ1) is 21.3. The van der Waals surface area contributed by atoms with Gasteiger partial charge >= 0.3 is 0 Å². The third-order valence-electron chi connectivity index (χ3n) is 6.89. The molecule has 1 atom stereocenters. The fourth-order valence-electron chi connectivity index (χ4n) is 5.09. The van der Waals surface area contributed by atoms with E-state index < -0.39 is 6.23 Å². The second-order valence-electron chi connectivity index (χ2n) is 9.31. The summed E-state index contributed by atoms with van der Waals surface area (Å²) < 4.78 is 2.23. The zero-order chi connectivity index (χ0) is 22.1. The molecule has 2 aliphatic rings. The number of pyridine rings is 1. The Hall–Kier alpha value is -2.55. The molecule has 170 valence electrons. The monoisotopic (exact) mass is 435 g/mol. The summed E-state index contributed by atoms with van der Waals surface area (Å²) in [5.74, 6) is 1.86. The molecule has 1 saturated heterocycles. The van der Waals surface area contributed by atoms with E-state index in [0.717, 1.165) is 61.3 Å². The van der Waals surface area contributed by atoms with Gasteiger partial charge in [-0.2, -0.15) is 4.98 Å². The molecule has 0 bridgehead atoms. The Morgan fingerprint density at radius 2 is 1.88 bits per heavy atom. The van der Waals surface area contributed by atoms with Gasteiger partial charge in [-0.1, -0.05) is 18.9 Å². The van der Waals surface area contributed by atoms with Crippen LogP contribution in [0, 0.1) is 0 Å². The van der Waals surface area contributed by atoms with E-state index in [-0.39, 0.29) is 0 Å². The first-order valence-corrected chi connectivity index (χ1v) is 11.8.